The van der Waals surface area contributed by atoms with Crippen LogP contribution in [0.3, 0.4) is 0 Å². The fourth-order valence-corrected chi connectivity index (χ4v) is 10.9. The molecule has 1 saturated carbocycles. The molecule has 0 radical (unpaired) electrons. The van der Waals surface area contributed by atoms with Gasteiger partial charge >= 0.3 is 35.8 Å². The predicted octanol–water partition coefficient (Wildman–Crippen LogP) is 8.28. The van der Waals surface area contributed by atoms with Crippen LogP contribution < -0.4 is 10.1 Å². The SMILES string of the molecule is CC(=O)Oc1ccccc1C(=O)O.CCC(C)(C)C(=O)O[C@H]1C[C@@H](C)C=C2C=C[C@H](C)[C@H](CC[C@@H]3C[C@@H](O)CC(=O)O3)[C@H]21.CCOC(=O)[C@H](CCc1ccccc1)N[C@@H](C)C(=O)N1[C@H](C(=O)O)C[C@@H]2CCC[C@@H]21. The van der Waals surface area contributed by atoms with Crippen molar-refractivity contribution in [1.82, 2.24) is 10.2 Å². The Morgan fingerprint density at radius 1 is 0.932 bits per heavy atom. The number of carboxylic acid groups (broad SMARTS) is 2. The van der Waals surface area contributed by atoms with E-state index in [0.717, 1.165) is 50.5 Å². The summed E-state index contributed by atoms with van der Waals surface area (Å²) in [5.41, 5.74) is 1.87. The van der Waals surface area contributed by atoms with E-state index in [2.05, 4.69) is 42.1 Å². The summed E-state index contributed by atoms with van der Waals surface area (Å²) in [7, 11) is 0. The minimum atomic E-state index is -1.11. The lowest BCUT2D eigenvalue weighted by Crippen LogP contribution is -2.55. The standard InChI is InChI=1S/C25H38O5.C23H32N2O5.C9H8O4/c1-6-25(4,5)24(28)30-21-12-15(2)11-17-8-7-16(3)20(23(17)21)10-9-19-13-18(26)14-22(27)29-19;1-3-30-23(29)18(13-12-16-8-5-4-6-9-16)24-15(2)21(26)25-19-11-7-10-17(19)14-20(25)22(27)28;1-6(10)13-8-5-3-2-4-7(8)9(11)12/h7-8,11,15-16,18-21,23,26H,6,9-10,12-14H2,1-5H3;4-6,8-9,15,17-20,24H,3,7,10-14H2,1-2H3,(H,27,28);2-5H,1H3,(H,11,12)/t15-,16-,18+,19+,20-,21-,23-;15-,17-,18-,19-,20-;/m00./s1. The second-order valence-electron chi connectivity index (χ2n) is 21.0. The number of likely N-dealkylation sites (tertiary alicyclic amines) is 1. The minimum Gasteiger partial charge on any atom is -0.480 e. The maximum Gasteiger partial charge on any atom is 0.339 e. The molecule has 2 aromatic carbocycles. The highest BCUT2D eigenvalue weighted by Crippen LogP contribution is 2.46. The van der Waals surface area contributed by atoms with Crippen LogP contribution in [0.4, 0.5) is 0 Å². The average Bonchev–Trinajstić information content (AvgIpc) is 3.95. The van der Waals surface area contributed by atoms with Gasteiger partial charge in [-0.3, -0.25) is 29.3 Å². The van der Waals surface area contributed by atoms with Crippen molar-refractivity contribution >= 4 is 41.7 Å². The van der Waals surface area contributed by atoms with Crippen LogP contribution in [0.25, 0.3) is 0 Å². The van der Waals surface area contributed by atoms with Crippen molar-refractivity contribution in [3.05, 3.63) is 89.5 Å². The zero-order chi connectivity index (χ0) is 53.6. The number of benzene rings is 2. The van der Waals surface area contributed by atoms with Gasteiger partial charge in [0.05, 0.1) is 30.6 Å². The molecular weight excluding hydrogens is 937 g/mol. The van der Waals surface area contributed by atoms with E-state index >= 15 is 0 Å². The van der Waals surface area contributed by atoms with E-state index in [1.165, 1.54) is 24.6 Å². The molecule has 3 aliphatic carbocycles. The van der Waals surface area contributed by atoms with Crippen molar-refractivity contribution < 1.29 is 67.8 Å². The number of aliphatic hydroxyl groups excluding tert-OH is 1. The Bertz CT molecular complexity index is 2290. The Labute approximate surface area is 430 Å². The van der Waals surface area contributed by atoms with Crippen molar-refractivity contribution in [1.29, 1.82) is 0 Å². The number of nitrogens with one attached hydrogen (secondary N) is 1. The smallest absolute Gasteiger partial charge is 0.339 e. The van der Waals surface area contributed by atoms with Gasteiger partial charge in [0.25, 0.3) is 0 Å². The Balaban J connectivity index is 0.000000219. The molecule has 2 aromatic rings. The topological polar surface area (TPSA) is 232 Å². The summed E-state index contributed by atoms with van der Waals surface area (Å²) in [5, 5.41) is 31.4. The number of amides is 1. The Morgan fingerprint density at radius 2 is 1.63 bits per heavy atom. The number of rotatable bonds is 17. The zero-order valence-corrected chi connectivity index (χ0v) is 43.8. The van der Waals surface area contributed by atoms with Crippen LogP contribution in [0.15, 0.2) is 78.4 Å². The molecule has 0 aromatic heterocycles. The molecule has 1 amide bonds. The summed E-state index contributed by atoms with van der Waals surface area (Å²) in [6, 6.07) is 13.7. The first-order valence-electron chi connectivity index (χ1n) is 26.1. The number of hydrogen-bond donors (Lipinski definition) is 4. The first kappa shape index (κ1) is 58.0. The van der Waals surface area contributed by atoms with Gasteiger partial charge in [-0.15, -0.1) is 0 Å². The number of aryl methyl sites for hydroxylation is 1. The molecule has 16 heteroatoms. The lowest BCUT2D eigenvalue weighted by Gasteiger charge is -2.44. The van der Waals surface area contributed by atoms with Crippen molar-refractivity contribution in [2.45, 2.75) is 175 Å². The average molecular weight is 1020 g/mol. The lowest BCUT2D eigenvalue weighted by atomic mass is 9.65. The molecule has 0 spiro atoms. The molecule has 400 valence electrons. The van der Waals surface area contributed by atoms with E-state index in [4.69, 9.17) is 19.3 Å². The predicted molar refractivity (Wildman–Crippen MR) is 272 cm³/mol. The van der Waals surface area contributed by atoms with Gasteiger partial charge in [-0.05, 0) is 132 Å². The molecule has 2 aliphatic heterocycles. The van der Waals surface area contributed by atoms with Crippen LogP contribution in [0, 0.1) is 35.0 Å². The molecule has 0 bridgehead atoms. The molecular formula is C57H78N2O14. The maximum absolute atomic E-state index is 13.2. The number of nitrogens with zero attached hydrogens (tertiary/aromatic N) is 1. The Kier molecular flexibility index (Phi) is 21.4. The van der Waals surface area contributed by atoms with Crippen LogP contribution in [0.1, 0.15) is 142 Å². The highest BCUT2D eigenvalue weighted by molar-refractivity contribution is 5.92. The highest BCUT2D eigenvalue weighted by Gasteiger charge is 2.50. The van der Waals surface area contributed by atoms with Gasteiger partial charge in [-0.2, -0.15) is 0 Å². The zero-order valence-electron chi connectivity index (χ0n) is 43.8. The lowest BCUT2D eigenvalue weighted by molar-refractivity contribution is -0.166. The van der Waals surface area contributed by atoms with Crippen molar-refractivity contribution in [3.63, 3.8) is 0 Å². The van der Waals surface area contributed by atoms with E-state index in [0.29, 0.717) is 43.4 Å². The number of cyclic esters (lactones) is 1. The van der Waals surface area contributed by atoms with E-state index in [-0.39, 0.29) is 78.2 Å². The van der Waals surface area contributed by atoms with E-state index in [1.807, 2.05) is 51.1 Å². The third-order valence-corrected chi connectivity index (χ3v) is 15.1. The number of ether oxygens (including phenoxy) is 4. The number of allylic oxidation sites excluding steroid dienone is 3. The summed E-state index contributed by atoms with van der Waals surface area (Å²) in [5.74, 6) is -2.11. The summed E-state index contributed by atoms with van der Waals surface area (Å²) >= 11 is 0. The van der Waals surface area contributed by atoms with Gasteiger partial charge in [0.15, 0.2) is 0 Å². The number of aliphatic carboxylic acids is 1. The van der Waals surface area contributed by atoms with Gasteiger partial charge in [0.2, 0.25) is 5.91 Å². The van der Waals surface area contributed by atoms with Crippen LogP contribution in [-0.4, -0.2) is 111 Å². The molecule has 4 N–H and O–H groups in total. The number of carbonyl (C=O) groups excluding carboxylic acids is 5. The summed E-state index contributed by atoms with van der Waals surface area (Å²) in [6.45, 7) is 15.3. The first-order valence-corrected chi connectivity index (χ1v) is 26.1. The summed E-state index contributed by atoms with van der Waals surface area (Å²) in [6.07, 6.45) is 14.1. The maximum atomic E-state index is 13.2. The number of hydrogen-bond acceptors (Lipinski definition) is 13. The number of esters is 4. The van der Waals surface area contributed by atoms with Gasteiger partial charge in [0.1, 0.15) is 35.6 Å². The second-order valence-corrected chi connectivity index (χ2v) is 21.0. The molecule has 3 fully saturated rings. The number of fused-ring (bicyclic) bond motifs is 2. The summed E-state index contributed by atoms with van der Waals surface area (Å²) < 4.78 is 21.5. The Morgan fingerprint density at radius 3 is 2.27 bits per heavy atom. The summed E-state index contributed by atoms with van der Waals surface area (Å²) in [4.78, 5) is 84.8. The largest absolute Gasteiger partial charge is 0.480 e. The normalized spacial score (nSPS) is 26.9. The second kappa shape index (κ2) is 26.9. The quantitative estimate of drug-likeness (QED) is 0.0663. The molecule has 2 saturated heterocycles. The monoisotopic (exact) mass is 1010 g/mol. The van der Waals surface area contributed by atoms with E-state index in [9.17, 15) is 43.8 Å². The molecule has 16 nitrogen and oxygen atoms in total. The van der Waals surface area contributed by atoms with E-state index < -0.39 is 47.6 Å². The van der Waals surface area contributed by atoms with Gasteiger partial charge in [-0.25, -0.2) is 9.59 Å². The molecule has 5 aliphatic rings. The van der Waals surface area contributed by atoms with Crippen molar-refractivity contribution in [2.24, 2.45) is 35.0 Å². The van der Waals surface area contributed by atoms with Gasteiger partial charge in [0, 0.05) is 25.3 Å². The minimum absolute atomic E-state index is 0.00629. The number of aromatic carboxylic acids is 1. The van der Waals surface area contributed by atoms with Crippen LogP contribution >= 0.6 is 0 Å². The number of para-hydroxylation sites is 1. The molecule has 73 heavy (non-hydrogen) atoms. The van der Waals surface area contributed by atoms with Crippen LogP contribution in [0.5, 0.6) is 5.75 Å². The number of carbonyl (C=O) groups is 7. The van der Waals surface area contributed by atoms with Crippen LogP contribution in [0.2, 0.25) is 0 Å². The highest BCUT2D eigenvalue weighted by atomic mass is 16.6. The Hall–Kier alpha value is -5.87. The van der Waals surface area contributed by atoms with E-state index in [1.54, 1.807) is 30.9 Å². The van der Waals surface area contributed by atoms with Gasteiger partial charge < -0.3 is 39.2 Å². The third-order valence-electron chi connectivity index (χ3n) is 15.1. The molecule has 2 heterocycles. The molecule has 12 atom stereocenters. The molecule has 7 rings (SSSR count). The number of carboxylic acids is 2. The third kappa shape index (κ3) is 16.1. The van der Waals surface area contributed by atoms with Crippen molar-refractivity contribution in [3.8, 4) is 5.75 Å². The fourth-order valence-electron chi connectivity index (χ4n) is 10.9. The van der Waals surface area contributed by atoms with Crippen LogP contribution in [-0.2, 0) is 49.4 Å². The number of aliphatic hydroxyl groups is 1. The fraction of sp³-hybridized carbons (Fsp3) is 0.596. The molecule has 0 unspecified atom stereocenters. The van der Waals surface area contributed by atoms with Gasteiger partial charge in [-0.1, -0.05) is 87.9 Å². The first-order chi connectivity index (χ1) is 34.6. The van der Waals surface area contributed by atoms with Crippen molar-refractivity contribution in [2.75, 3.05) is 6.61 Å².